The van der Waals surface area contributed by atoms with E-state index < -0.39 is 11.0 Å². The quantitative estimate of drug-likeness (QED) is 0.492. The number of nitro benzene ring substituents is 1. The highest BCUT2D eigenvalue weighted by atomic mass is 16.6. The molecule has 1 saturated carbocycles. The van der Waals surface area contributed by atoms with Gasteiger partial charge in [0.2, 0.25) is 11.8 Å². The molecule has 2 aromatic rings. The fourth-order valence-electron chi connectivity index (χ4n) is 4.23. The van der Waals surface area contributed by atoms with E-state index in [1.807, 2.05) is 31.2 Å². The van der Waals surface area contributed by atoms with Gasteiger partial charge in [0.05, 0.1) is 11.3 Å². The molecular weight excluding hydrogens is 406 g/mol. The highest BCUT2D eigenvalue weighted by Gasteiger charge is 2.29. The average molecular weight is 438 g/mol. The van der Waals surface area contributed by atoms with Crippen molar-refractivity contribution in [2.75, 3.05) is 0 Å². The molecule has 1 atom stereocenters. The molecule has 7 nitrogen and oxygen atoms in total. The average Bonchev–Trinajstić information content (AvgIpc) is 2.79. The van der Waals surface area contributed by atoms with Gasteiger partial charge < -0.3 is 10.2 Å². The van der Waals surface area contributed by atoms with Gasteiger partial charge in [0.1, 0.15) is 6.04 Å². The van der Waals surface area contributed by atoms with E-state index in [2.05, 4.69) is 5.32 Å². The van der Waals surface area contributed by atoms with Crippen molar-refractivity contribution in [1.82, 2.24) is 10.2 Å². The lowest BCUT2D eigenvalue weighted by Gasteiger charge is -2.31. The van der Waals surface area contributed by atoms with Crippen LogP contribution in [0.5, 0.6) is 0 Å². The Labute approximate surface area is 189 Å². The Morgan fingerprint density at radius 3 is 2.34 bits per heavy atom. The van der Waals surface area contributed by atoms with E-state index in [4.69, 9.17) is 0 Å². The highest BCUT2D eigenvalue weighted by molar-refractivity contribution is 5.88. The molecule has 0 aromatic heterocycles. The van der Waals surface area contributed by atoms with Crippen LogP contribution in [0.1, 0.15) is 55.7 Å². The molecule has 0 radical (unpaired) electrons. The number of hydrogen-bond acceptors (Lipinski definition) is 4. The molecule has 7 heteroatoms. The molecule has 0 bridgehead atoms. The van der Waals surface area contributed by atoms with Gasteiger partial charge in [-0.05, 0) is 37.8 Å². The Bertz CT molecular complexity index is 969. The van der Waals surface area contributed by atoms with Crippen LogP contribution in [0, 0.1) is 17.0 Å². The summed E-state index contributed by atoms with van der Waals surface area (Å²) in [6.07, 6.45) is 5.17. The molecule has 0 aliphatic heterocycles. The minimum Gasteiger partial charge on any atom is -0.352 e. The Balaban J connectivity index is 1.82. The van der Waals surface area contributed by atoms with Crippen molar-refractivity contribution in [3.8, 4) is 0 Å². The first-order chi connectivity index (χ1) is 15.4. The number of nitrogens with zero attached hydrogens (tertiary/aromatic N) is 2. The van der Waals surface area contributed by atoms with E-state index in [-0.39, 0.29) is 36.5 Å². The lowest BCUT2D eigenvalue weighted by Crippen LogP contribution is -2.50. The summed E-state index contributed by atoms with van der Waals surface area (Å²) in [6, 6.07) is 13.4. The standard InChI is InChI=1S/C25H31N3O4/c1-18-10-6-7-12-21(18)17-27(19(2)25(30)26-22-13-4-3-5-14-22)24(29)16-20-11-8-9-15-23(20)28(31)32/h6-12,15,19,22H,3-5,13-14,16-17H2,1-2H3,(H,26,30)/t19-/m0/s1. The zero-order valence-corrected chi connectivity index (χ0v) is 18.8. The van der Waals surface area contributed by atoms with Crippen molar-refractivity contribution in [2.45, 2.75) is 71.0 Å². The van der Waals surface area contributed by atoms with Crippen LogP contribution >= 0.6 is 0 Å². The van der Waals surface area contributed by atoms with Crippen LogP contribution in [-0.4, -0.2) is 33.7 Å². The SMILES string of the molecule is Cc1ccccc1CN(C(=O)Cc1ccccc1[N+](=O)[O-])[C@@H](C)C(=O)NC1CCCCC1. The third-order valence-corrected chi connectivity index (χ3v) is 6.25. The lowest BCUT2D eigenvalue weighted by molar-refractivity contribution is -0.385. The van der Waals surface area contributed by atoms with E-state index in [1.165, 1.54) is 17.4 Å². The third-order valence-electron chi connectivity index (χ3n) is 6.25. The normalized spacial score (nSPS) is 15.1. The van der Waals surface area contributed by atoms with Gasteiger partial charge in [0, 0.05) is 24.2 Å². The molecule has 1 N–H and O–H groups in total. The van der Waals surface area contributed by atoms with Gasteiger partial charge in [-0.2, -0.15) is 0 Å². The van der Waals surface area contributed by atoms with Crippen LogP contribution in [0.15, 0.2) is 48.5 Å². The van der Waals surface area contributed by atoms with Gasteiger partial charge in [0.15, 0.2) is 0 Å². The fourth-order valence-corrected chi connectivity index (χ4v) is 4.23. The van der Waals surface area contributed by atoms with Gasteiger partial charge >= 0.3 is 0 Å². The third kappa shape index (κ3) is 5.93. The van der Waals surface area contributed by atoms with E-state index in [1.54, 1.807) is 25.1 Å². The topological polar surface area (TPSA) is 92.6 Å². The number of benzene rings is 2. The number of carbonyl (C=O) groups is 2. The van der Waals surface area contributed by atoms with Gasteiger partial charge in [-0.3, -0.25) is 19.7 Å². The second-order valence-electron chi connectivity index (χ2n) is 8.53. The van der Waals surface area contributed by atoms with Crippen molar-refractivity contribution in [3.05, 3.63) is 75.3 Å². The number of rotatable bonds is 8. The van der Waals surface area contributed by atoms with Gasteiger partial charge in [0.25, 0.3) is 5.69 Å². The van der Waals surface area contributed by atoms with E-state index in [0.29, 0.717) is 5.56 Å². The Hall–Kier alpha value is -3.22. The first-order valence-electron chi connectivity index (χ1n) is 11.2. The molecule has 2 aromatic carbocycles. The zero-order chi connectivity index (χ0) is 23.1. The second kappa shape index (κ2) is 10.9. The van der Waals surface area contributed by atoms with Gasteiger partial charge in [-0.25, -0.2) is 0 Å². The van der Waals surface area contributed by atoms with Crippen molar-refractivity contribution < 1.29 is 14.5 Å². The van der Waals surface area contributed by atoms with Crippen LogP contribution in [0.4, 0.5) is 5.69 Å². The number of para-hydroxylation sites is 1. The van der Waals surface area contributed by atoms with E-state index in [9.17, 15) is 19.7 Å². The number of carbonyl (C=O) groups excluding carboxylic acids is 2. The maximum Gasteiger partial charge on any atom is 0.273 e. The predicted octanol–water partition coefficient (Wildman–Crippen LogP) is 4.31. The summed E-state index contributed by atoms with van der Waals surface area (Å²) in [5.74, 6) is -0.491. The van der Waals surface area contributed by atoms with Crippen LogP contribution < -0.4 is 5.32 Å². The maximum absolute atomic E-state index is 13.4. The molecule has 32 heavy (non-hydrogen) atoms. The minimum atomic E-state index is -0.688. The first-order valence-corrected chi connectivity index (χ1v) is 11.2. The van der Waals surface area contributed by atoms with Crippen LogP contribution in [-0.2, 0) is 22.6 Å². The number of hydrogen-bond donors (Lipinski definition) is 1. The minimum absolute atomic E-state index is 0.0870. The number of nitrogens with one attached hydrogen (secondary N) is 1. The molecule has 170 valence electrons. The summed E-state index contributed by atoms with van der Waals surface area (Å²) in [5.41, 5.74) is 2.23. The van der Waals surface area contributed by atoms with Gasteiger partial charge in [-0.15, -0.1) is 0 Å². The van der Waals surface area contributed by atoms with E-state index in [0.717, 1.165) is 36.8 Å². The molecule has 2 amide bonds. The van der Waals surface area contributed by atoms with Crippen molar-refractivity contribution in [3.63, 3.8) is 0 Å². The summed E-state index contributed by atoms with van der Waals surface area (Å²) in [5, 5.41) is 14.5. The molecule has 1 aliphatic rings. The Morgan fingerprint density at radius 1 is 1.06 bits per heavy atom. The van der Waals surface area contributed by atoms with Crippen molar-refractivity contribution in [2.24, 2.45) is 0 Å². The molecule has 1 fully saturated rings. The van der Waals surface area contributed by atoms with Crippen LogP contribution in [0.3, 0.4) is 0 Å². The zero-order valence-electron chi connectivity index (χ0n) is 18.8. The summed E-state index contributed by atoms with van der Waals surface area (Å²) in [6.45, 7) is 3.96. The molecule has 0 unspecified atom stereocenters. The summed E-state index contributed by atoms with van der Waals surface area (Å²) >= 11 is 0. The largest absolute Gasteiger partial charge is 0.352 e. The maximum atomic E-state index is 13.4. The van der Waals surface area contributed by atoms with Gasteiger partial charge in [-0.1, -0.05) is 61.7 Å². The van der Waals surface area contributed by atoms with E-state index >= 15 is 0 Å². The number of aryl methyl sites for hydroxylation is 1. The van der Waals surface area contributed by atoms with Crippen molar-refractivity contribution >= 4 is 17.5 Å². The summed E-state index contributed by atoms with van der Waals surface area (Å²) < 4.78 is 0. The molecule has 0 saturated heterocycles. The molecular formula is C25H31N3O4. The second-order valence-corrected chi connectivity index (χ2v) is 8.53. The number of amides is 2. The smallest absolute Gasteiger partial charge is 0.273 e. The molecule has 0 spiro atoms. The first kappa shape index (κ1) is 23.4. The summed E-state index contributed by atoms with van der Waals surface area (Å²) in [7, 11) is 0. The summed E-state index contributed by atoms with van der Waals surface area (Å²) in [4.78, 5) is 38.9. The number of nitro groups is 1. The van der Waals surface area contributed by atoms with Crippen molar-refractivity contribution in [1.29, 1.82) is 0 Å². The monoisotopic (exact) mass is 437 g/mol. The Morgan fingerprint density at radius 2 is 1.69 bits per heavy atom. The molecule has 1 aliphatic carbocycles. The van der Waals surface area contributed by atoms with Crippen LogP contribution in [0.2, 0.25) is 0 Å². The fraction of sp³-hybridized carbons (Fsp3) is 0.440. The molecule has 0 heterocycles. The van der Waals surface area contributed by atoms with Crippen LogP contribution in [0.25, 0.3) is 0 Å². The lowest BCUT2D eigenvalue weighted by atomic mass is 9.95. The highest BCUT2D eigenvalue weighted by Crippen LogP contribution is 2.22. The Kier molecular flexibility index (Phi) is 7.98. The predicted molar refractivity (Wildman–Crippen MR) is 123 cm³/mol. The molecule has 3 rings (SSSR count).